The van der Waals surface area contributed by atoms with Crippen LogP contribution in [-0.4, -0.2) is 74.1 Å². The Bertz CT molecular complexity index is 1260. The van der Waals surface area contributed by atoms with Gasteiger partial charge in [-0.15, -0.1) is 13.2 Å². The normalized spacial score (nSPS) is 23.0. The average molecular weight is 576 g/mol. The molecule has 12 heteroatoms. The van der Waals surface area contributed by atoms with Crippen molar-refractivity contribution in [2.24, 2.45) is 5.16 Å². The molecule has 0 amide bonds. The van der Waals surface area contributed by atoms with Gasteiger partial charge >= 0.3 is 6.36 Å². The Hall–Kier alpha value is -3.58. The number of halogens is 3. The Morgan fingerprint density at radius 3 is 2.10 bits per heavy atom. The van der Waals surface area contributed by atoms with Crippen LogP contribution in [0, 0.1) is 0 Å². The van der Waals surface area contributed by atoms with Gasteiger partial charge < -0.3 is 28.5 Å². The van der Waals surface area contributed by atoms with Crippen molar-refractivity contribution in [3.63, 3.8) is 0 Å². The van der Waals surface area contributed by atoms with Gasteiger partial charge in [0.05, 0.1) is 12.3 Å². The Morgan fingerprint density at radius 1 is 0.878 bits per heavy atom. The molecule has 4 rings (SSSR count). The van der Waals surface area contributed by atoms with E-state index in [0.29, 0.717) is 23.6 Å². The standard InChI is InChI=1S/C29H32F3N3O6/c1-5-14-38-25-24(36-3)18(2)39-28(26(25)37-4)41-35-15-19-6-8-21(9-7-19)27-33-16-22(17-34-27)20-10-12-23(13-11-20)40-29(30,31)32/h6-13,15-18,24-26,28H,5,14H2,1-4H3/b35-15+/t18-,24-,25+,26+,28-/m0/s1. The molecule has 2 heterocycles. The van der Waals surface area contributed by atoms with Crippen LogP contribution < -0.4 is 4.74 Å². The Labute approximate surface area is 236 Å². The molecule has 1 aliphatic heterocycles. The number of ether oxygens (including phenoxy) is 5. The molecule has 0 aliphatic carbocycles. The third kappa shape index (κ3) is 8.00. The van der Waals surface area contributed by atoms with Crippen LogP contribution in [-0.2, 0) is 23.8 Å². The van der Waals surface area contributed by atoms with Gasteiger partial charge in [-0.05, 0) is 36.6 Å². The van der Waals surface area contributed by atoms with Gasteiger partial charge in [-0.1, -0.05) is 48.5 Å². The highest BCUT2D eigenvalue weighted by Crippen LogP contribution is 2.29. The van der Waals surface area contributed by atoms with E-state index in [2.05, 4.69) is 19.9 Å². The number of alkyl halides is 3. The fraction of sp³-hybridized carbons (Fsp3) is 0.414. The maximum Gasteiger partial charge on any atom is 0.573 e. The van der Waals surface area contributed by atoms with E-state index in [-0.39, 0.29) is 24.1 Å². The lowest BCUT2D eigenvalue weighted by molar-refractivity contribution is -0.308. The van der Waals surface area contributed by atoms with Gasteiger partial charge in [0.15, 0.2) is 11.9 Å². The molecule has 0 unspecified atom stereocenters. The van der Waals surface area contributed by atoms with E-state index in [0.717, 1.165) is 17.5 Å². The van der Waals surface area contributed by atoms with Gasteiger partial charge in [0, 0.05) is 44.3 Å². The minimum absolute atomic E-state index is 0.290. The summed E-state index contributed by atoms with van der Waals surface area (Å²) in [5, 5.41) is 4.11. The molecule has 0 N–H and O–H groups in total. The molecule has 2 aromatic carbocycles. The molecule has 5 atom stereocenters. The van der Waals surface area contributed by atoms with Crippen molar-refractivity contribution in [1.82, 2.24) is 9.97 Å². The summed E-state index contributed by atoms with van der Waals surface area (Å²) in [6.45, 7) is 4.47. The van der Waals surface area contributed by atoms with Crippen molar-refractivity contribution in [2.45, 2.75) is 57.3 Å². The van der Waals surface area contributed by atoms with Crippen LogP contribution in [0.4, 0.5) is 13.2 Å². The van der Waals surface area contributed by atoms with E-state index in [1.165, 1.54) is 24.3 Å². The minimum atomic E-state index is -4.74. The van der Waals surface area contributed by atoms with Gasteiger partial charge in [-0.2, -0.15) is 0 Å². The van der Waals surface area contributed by atoms with E-state index in [9.17, 15) is 13.2 Å². The molecule has 1 saturated heterocycles. The van der Waals surface area contributed by atoms with Gasteiger partial charge in [0.2, 0.25) is 0 Å². The van der Waals surface area contributed by atoms with Gasteiger partial charge in [-0.3, -0.25) is 0 Å². The number of rotatable bonds is 11. The van der Waals surface area contributed by atoms with Crippen molar-refractivity contribution in [1.29, 1.82) is 0 Å². The number of benzene rings is 2. The van der Waals surface area contributed by atoms with E-state index in [1.807, 2.05) is 38.1 Å². The number of aromatic nitrogens is 2. The highest BCUT2D eigenvalue weighted by molar-refractivity contribution is 5.80. The highest BCUT2D eigenvalue weighted by atomic mass is 19.4. The summed E-state index contributed by atoms with van der Waals surface area (Å²) < 4.78 is 64.2. The quantitative estimate of drug-likeness (QED) is 0.215. The summed E-state index contributed by atoms with van der Waals surface area (Å²) in [7, 11) is 3.18. The summed E-state index contributed by atoms with van der Waals surface area (Å²) in [5.41, 5.74) is 2.86. The lowest BCUT2D eigenvalue weighted by Gasteiger charge is -2.42. The maximum atomic E-state index is 12.4. The lowest BCUT2D eigenvalue weighted by Crippen LogP contribution is -2.59. The predicted molar refractivity (Wildman–Crippen MR) is 144 cm³/mol. The molecule has 1 aromatic heterocycles. The molecular weight excluding hydrogens is 543 g/mol. The number of hydrogen-bond acceptors (Lipinski definition) is 9. The van der Waals surface area contributed by atoms with Crippen molar-refractivity contribution in [3.8, 4) is 28.3 Å². The van der Waals surface area contributed by atoms with Crippen molar-refractivity contribution < 1.29 is 41.7 Å². The van der Waals surface area contributed by atoms with E-state index in [1.54, 1.807) is 32.8 Å². The first kappa shape index (κ1) is 30.4. The van der Waals surface area contributed by atoms with Crippen LogP contribution >= 0.6 is 0 Å². The zero-order valence-corrected chi connectivity index (χ0v) is 23.1. The van der Waals surface area contributed by atoms with E-state index >= 15 is 0 Å². The molecule has 220 valence electrons. The van der Waals surface area contributed by atoms with Crippen LogP contribution in [0.3, 0.4) is 0 Å². The zero-order chi connectivity index (χ0) is 29.4. The first-order valence-corrected chi connectivity index (χ1v) is 13.0. The number of oxime groups is 1. The largest absolute Gasteiger partial charge is 0.573 e. The second kappa shape index (κ2) is 13.9. The summed E-state index contributed by atoms with van der Waals surface area (Å²) in [6.07, 6.45) is -1.40. The van der Waals surface area contributed by atoms with Crippen molar-refractivity contribution in [2.75, 3.05) is 20.8 Å². The molecule has 0 radical (unpaired) electrons. The molecule has 0 bridgehead atoms. The Morgan fingerprint density at radius 2 is 1.51 bits per heavy atom. The SMILES string of the molecule is CCCO[C@@H]1[C@@H](OC)[C@H](C)O[C@@H](O/N=C/c2ccc(-c3ncc(-c4ccc(OC(F)(F)F)cc4)cn3)cc2)[C@@H]1OC. The van der Waals surface area contributed by atoms with Crippen molar-refractivity contribution >= 4 is 6.21 Å². The van der Waals surface area contributed by atoms with Gasteiger partial charge in [-0.25, -0.2) is 9.97 Å². The van der Waals surface area contributed by atoms with E-state index in [4.69, 9.17) is 23.8 Å². The monoisotopic (exact) mass is 575 g/mol. The Balaban J connectivity index is 1.37. The molecule has 9 nitrogen and oxygen atoms in total. The van der Waals surface area contributed by atoms with Gasteiger partial charge in [0.1, 0.15) is 18.0 Å². The van der Waals surface area contributed by atoms with Gasteiger partial charge in [0.25, 0.3) is 6.29 Å². The number of hydrogen-bond donors (Lipinski definition) is 0. The summed E-state index contributed by atoms with van der Waals surface area (Å²) in [6, 6.07) is 12.9. The number of nitrogens with zero attached hydrogens (tertiary/aromatic N) is 3. The summed E-state index contributed by atoms with van der Waals surface area (Å²) in [5.74, 6) is 0.195. The second-order valence-electron chi connectivity index (χ2n) is 9.28. The maximum absolute atomic E-state index is 12.4. The first-order valence-electron chi connectivity index (χ1n) is 13.0. The fourth-order valence-corrected chi connectivity index (χ4v) is 4.42. The lowest BCUT2D eigenvalue weighted by atomic mass is 9.99. The van der Waals surface area contributed by atoms with Crippen LogP contribution in [0.15, 0.2) is 66.1 Å². The van der Waals surface area contributed by atoms with Crippen LogP contribution in [0.1, 0.15) is 25.8 Å². The zero-order valence-electron chi connectivity index (χ0n) is 23.1. The topological polar surface area (TPSA) is 93.5 Å². The number of methoxy groups -OCH3 is 2. The molecule has 3 aromatic rings. The summed E-state index contributed by atoms with van der Waals surface area (Å²) in [4.78, 5) is 14.4. The molecule has 41 heavy (non-hydrogen) atoms. The minimum Gasteiger partial charge on any atom is -0.406 e. The van der Waals surface area contributed by atoms with E-state index < -0.39 is 18.8 Å². The van der Waals surface area contributed by atoms with Crippen molar-refractivity contribution in [3.05, 3.63) is 66.5 Å². The van der Waals surface area contributed by atoms with Crippen LogP contribution in [0.5, 0.6) is 5.75 Å². The fourth-order valence-electron chi connectivity index (χ4n) is 4.42. The molecule has 0 spiro atoms. The third-order valence-electron chi connectivity index (χ3n) is 6.39. The second-order valence-corrected chi connectivity index (χ2v) is 9.28. The smallest absolute Gasteiger partial charge is 0.406 e. The van der Waals surface area contributed by atoms with Crippen LogP contribution in [0.25, 0.3) is 22.5 Å². The third-order valence-corrected chi connectivity index (χ3v) is 6.39. The molecular formula is C29H32F3N3O6. The Kier molecular flexibility index (Phi) is 10.3. The molecule has 1 aliphatic rings. The predicted octanol–water partition coefficient (Wildman–Crippen LogP) is 5.63. The highest BCUT2D eigenvalue weighted by Gasteiger charge is 2.47. The molecule has 0 saturated carbocycles. The average Bonchev–Trinajstić information content (AvgIpc) is 2.96. The molecule has 1 fully saturated rings. The first-order chi connectivity index (χ1) is 19.7. The summed E-state index contributed by atoms with van der Waals surface area (Å²) >= 11 is 0. The van der Waals surface area contributed by atoms with Crippen LogP contribution in [0.2, 0.25) is 0 Å².